The van der Waals surface area contributed by atoms with E-state index in [1.165, 1.54) is 0 Å². The second-order valence-electron chi connectivity index (χ2n) is 5.53. The van der Waals surface area contributed by atoms with Crippen LogP contribution in [0.25, 0.3) is 0 Å². The Morgan fingerprint density at radius 2 is 1.58 bits per heavy atom. The van der Waals surface area contributed by atoms with E-state index in [0.717, 1.165) is 19.5 Å². The fourth-order valence-electron chi connectivity index (χ4n) is 2.36. The Morgan fingerprint density at radius 1 is 1.05 bits per heavy atom. The maximum absolute atomic E-state index is 12.2. The summed E-state index contributed by atoms with van der Waals surface area (Å²) in [5, 5.41) is 8.97. The Bertz CT molecular complexity index is 325. The summed E-state index contributed by atoms with van der Waals surface area (Å²) in [7, 11) is 0. The minimum Gasteiger partial charge on any atom is -0.481 e. The lowest BCUT2D eigenvalue weighted by molar-refractivity contribution is -0.149. The normalized spacial score (nSPS) is 21.8. The maximum Gasteiger partial charge on any atom is 0.307 e. The summed E-state index contributed by atoms with van der Waals surface area (Å²) in [4.78, 5) is 27.4. The number of amides is 1. The van der Waals surface area contributed by atoms with Crippen molar-refractivity contribution in [3.05, 3.63) is 0 Å². The highest BCUT2D eigenvalue weighted by Gasteiger charge is 2.31. The van der Waals surface area contributed by atoms with Crippen LogP contribution < -0.4 is 0 Å². The maximum atomic E-state index is 12.2. The zero-order valence-corrected chi connectivity index (χ0v) is 12.4. The minimum absolute atomic E-state index is 0.0290. The van der Waals surface area contributed by atoms with Crippen molar-refractivity contribution in [1.82, 2.24) is 9.80 Å². The molecule has 3 unspecified atom stereocenters. The highest BCUT2D eigenvalue weighted by molar-refractivity contribution is 5.84. The first-order valence-corrected chi connectivity index (χ1v) is 7.14. The van der Waals surface area contributed by atoms with Gasteiger partial charge in [0, 0.05) is 38.1 Å². The summed E-state index contributed by atoms with van der Waals surface area (Å²) in [6.45, 7) is 10.9. The molecule has 0 aromatic heterocycles. The lowest BCUT2D eigenvalue weighted by Crippen LogP contribution is -2.53. The van der Waals surface area contributed by atoms with Gasteiger partial charge in [-0.25, -0.2) is 0 Å². The Kier molecular flexibility index (Phi) is 5.79. The summed E-state index contributed by atoms with van der Waals surface area (Å²) in [5.74, 6) is -2.01. The molecule has 1 heterocycles. The summed E-state index contributed by atoms with van der Waals surface area (Å²) < 4.78 is 0. The molecule has 1 aliphatic rings. The van der Waals surface area contributed by atoms with Gasteiger partial charge in [-0.2, -0.15) is 0 Å². The third-order valence-corrected chi connectivity index (χ3v) is 4.37. The quantitative estimate of drug-likeness (QED) is 0.817. The van der Waals surface area contributed by atoms with Crippen molar-refractivity contribution in [2.24, 2.45) is 11.8 Å². The summed E-state index contributed by atoms with van der Waals surface area (Å²) in [5.41, 5.74) is 0. The van der Waals surface area contributed by atoms with E-state index in [2.05, 4.69) is 18.7 Å². The molecule has 0 aromatic rings. The predicted molar refractivity (Wildman–Crippen MR) is 73.9 cm³/mol. The molecule has 0 aromatic carbocycles. The van der Waals surface area contributed by atoms with Crippen LogP contribution in [0.15, 0.2) is 0 Å². The van der Waals surface area contributed by atoms with Gasteiger partial charge < -0.3 is 10.0 Å². The molecule has 19 heavy (non-hydrogen) atoms. The standard InChI is InChI=1S/C14H26N2O3/c1-5-10(2)15-6-8-16(9-7-15)13(17)11(3)12(4)14(18)19/h10-12H,5-9H2,1-4H3,(H,18,19). The molecule has 1 rings (SSSR count). The van der Waals surface area contributed by atoms with Crippen LogP contribution in [-0.2, 0) is 9.59 Å². The second-order valence-corrected chi connectivity index (χ2v) is 5.53. The first-order chi connectivity index (χ1) is 8.88. The topological polar surface area (TPSA) is 60.9 Å². The Labute approximate surface area is 115 Å². The highest BCUT2D eigenvalue weighted by atomic mass is 16.4. The number of aliphatic carboxylic acids is 1. The second kappa shape index (κ2) is 6.89. The molecule has 0 radical (unpaired) electrons. The lowest BCUT2D eigenvalue weighted by Gasteiger charge is -2.39. The van der Waals surface area contributed by atoms with Crippen molar-refractivity contribution in [3.63, 3.8) is 0 Å². The average molecular weight is 270 g/mol. The first kappa shape index (κ1) is 16.0. The molecule has 1 saturated heterocycles. The van der Waals surface area contributed by atoms with Crippen LogP contribution in [0, 0.1) is 11.8 Å². The largest absolute Gasteiger partial charge is 0.481 e. The van der Waals surface area contributed by atoms with Gasteiger partial charge in [0.15, 0.2) is 0 Å². The van der Waals surface area contributed by atoms with Gasteiger partial charge >= 0.3 is 5.97 Å². The van der Waals surface area contributed by atoms with E-state index in [9.17, 15) is 9.59 Å². The molecule has 1 N–H and O–H groups in total. The Morgan fingerprint density at radius 3 is 2.00 bits per heavy atom. The molecule has 1 aliphatic heterocycles. The van der Waals surface area contributed by atoms with E-state index in [1.54, 1.807) is 13.8 Å². The van der Waals surface area contributed by atoms with Crippen molar-refractivity contribution in [3.8, 4) is 0 Å². The van der Waals surface area contributed by atoms with Gasteiger partial charge in [0.25, 0.3) is 0 Å². The van der Waals surface area contributed by atoms with Crippen LogP contribution in [-0.4, -0.2) is 59.0 Å². The minimum atomic E-state index is -0.904. The number of carboxylic acid groups (broad SMARTS) is 1. The fraction of sp³-hybridized carbons (Fsp3) is 0.857. The Balaban J connectivity index is 2.51. The van der Waals surface area contributed by atoms with Gasteiger partial charge in [-0.1, -0.05) is 20.8 Å². The number of carbonyl (C=O) groups is 2. The summed E-state index contributed by atoms with van der Waals surface area (Å²) in [6, 6.07) is 0.549. The molecular formula is C14H26N2O3. The molecule has 1 fully saturated rings. The van der Waals surface area contributed by atoms with E-state index >= 15 is 0 Å². The van der Waals surface area contributed by atoms with Crippen molar-refractivity contribution in [2.75, 3.05) is 26.2 Å². The molecule has 0 saturated carbocycles. The number of hydrogen-bond acceptors (Lipinski definition) is 3. The SMILES string of the molecule is CCC(C)N1CCN(C(=O)C(C)C(C)C(=O)O)CC1. The Hall–Kier alpha value is -1.10. The van der Waals surface area contributed by atoms with Gasteiger partial charge in [-0.05, 0) is 13.3 Å². The number of carboxylic acids is 1. The fourth-order valence-corrected chi connectivity index (χ4v) is 2.36. The van der Waals surface area contributed by atoms with Gasteiger partial charge in [0.2, 0.25) is 5.91 Å². The zero-order valence-electron chi connectivity index (χ0n) is 12.4. The average Bonchev–Trinajstić information content (AvgIpc) is 2.44. The third kappa shape index (κ3) is 3.93. The summed E-state index contributed by atoms with van der Waals surface area (Å²) in [6.07, 6.45) is 1.11. The molecule has 0 spiro atoms. The number of piperazine rings is 1. The number of nitrogens with zero attached hydrogens (tertiary/aromatic N) is 2. The van der Waals surface area contributed by atoms with Gasteiger partial charge in [-0.3, -0.25) is 14.5 Å². The predicted octanol–water partition coefficient (Wildman–Crippen LogP) is 1.29. The third-order valence-electron chi connectivity index (χ3n) is 4.37. The number of carbonyl (C=O) groups excluding carboxylic acids is 1. The van der Waals surface area contributed by atoms with Crippen LogP contribution in [0.2, 0.25) is 0 Å². The van der Waals surface area contributed by atoms with Crippen LogP contribution in [0.3, 0.4) is 0 Å². The molecule has 5 nitrogen and oxygen atoms in total. The van der Waals surface area contributed by atoms with E-state index in [4.69, 9.17) is 5.11 Å². The molecule has 5 heteroatoms. The molecular weight excluding hydrogens is 244 g/mol. The highest BCUT2D eigenvalue weighted by Crippen LogP contribution is 2.17. The molecule has 0 bridgehead atoms. The van der Waals surface area contributed by atoms with Crippen LogP contribution >= 0.6 is 0 Å². The van der Waals surface area contributed by atoms with E-state index in [1.807, 2.05) is 4.90 Å². The van der Waals surface area contributed by atoms with Crippen LogP contribution in [0.5, 0.6) is 0 Å². The van der Waals surface area contributed by atoms with Crippen LogP contribution in [0.1, 0.15) is 34.1 Å². The van der Waals surface area contributed by atoms with E-state index in [-0.39, 0.29) is 5.91 Å². The monoisotopic (exact) mass is 270 g/mol. The van der Waals surface area contributed by atoms with Crippen molar-refractivity contribution in [2.45, 2.75) is 40.2 Å². The van der Waals surface area contributed by atoms with Gasteiger partial charge in [-0.15, -0.1) is 0 Å². The van der Waals surface area contributed by atoms with Crippen molar-refractivity contribution in [1.29, 1.82) is 0 Å². The molecule has 3 atom stereocenters. The molecule has 0 aliphatic carbocycles. The summed E-state index contributed by atoms with van der Waals surface area (Å²) >= 11 is 0. The zero-order chi connectivity index (χ0) is 14.6. The first-order valence-electron chi connectivity index (χ1n) is 7.14. The molecule has 1 amide bonds. The van der Waals surface area contributed by atoms with Crippen molar-refractivity contribution >= 4 is 11.9 Å². The molecule has 110 valence electrons. The van der Waals surface area contributed by atoms with Gasteiger partial charge in [0.05, 0.1) is 5.92 Å². The van der Waals surface area contributed by atoms with Gasteiger partial charge in [0.1, 0.15) is 0 Å². The smallest absolute Gasteiger partial charge is 0.307 e. The van der Waals surface area contributed by atoms with Crippen molar-refractivity contribution < 1.29 is 14.7 Å². The lowest BCUT2D eigenvalue weighted by atomic mass is 9.94. The van der Waals surface area contributed by atoms with Crippen LogP contribution in [0.4, 0.5) is 0 Å². The van der Waals surface area contributed by atoms with E-state index < -0.39 is 17.8 Å². The number of hydrogen-bond donors (Lipinski definition) is 1. The number of rotatable bonds is 5. The van der Waals surface area contributed by atoms with E-state index in [0.29, 0.717) is 19.1 Å².